The normalized spacial score (nSPS) is 11.0. The SMILES string of the molecule is O=C(Cc1ccccn1)C(=O)Nc1cccc(C(F)(F)F)c1. The Morgan fingerprint density at radius 3 is 2.50 bits per heavy atom. The van der Waals surface area contributed by atoms with Gasteiger partial charge < -0.3 is 5.32 Å². The zero-order valence-corrected chi connectivity index (χ0v) is 11.2. The fraction of sp³-hybridized carbons (Fsp3) is 0.133. The van der Waals surface area contributed by atoms with Gasteiger partial charge >= 0.3 is 6.18 Å². The molecule has 114 valence electrons. The molecule has 0 aliphatic carbocycles. The Labute approximate surface area is 124 Å². The van der Waals surface area contributed by atoms with Gasteiger partial charge in [-0.1, -0.05) is 12.1 Å². The van der Waals surface area contributed by atoms with Crippen molar-refractivity contribution in [2.24, 2.45) is 0 Å². The Bertz CT molecular complexity index is 685. The van der Waals surface area contributed by atoms with Crippen molar-refractivity contribution in [1.29, 1.82) is 0 Å². The lowest BCUT2D eigenvalue weighted by Gasteiger charge is -2.09. The van der Waals surface area contributed by atoms with Gasteiger partial charge in [-0.05, 0) is 30.3 Å². The fourth-order valence-corrected chi connectivity index (χ4v) is 1.72. The van der Waals surface area contributed by atoms with Crippen LogP contribution in [0.15, 0.2) is 48.7 Å². The number of aromatic nitrogens is 1. The number of nitrogens with one attached hydrogen (secondary N) is 1. The first-order valence-corrected chi connectivity index (χ1v) is 6.27. The number of benzene rings is 1. The number of rotatable bonds is 4. The zero-order chi connectivity index (χ0) is 16.2. The van der Waals surface area contributed by atoms with Crippen molar-refractivity contribution in [3.63, 3.8) is 0 Å². The van der Waals surface area contributed by atoms with Crippen molar-refractivity contribution < 1.29 is 22.8 Å². The standard InChI is InChI=1S/C15H11F3N2O2/c16-15(17,18)10-4-3-6-12(8-10)20-14(22)13(21)9-11-5-1-2-7-19-11/h1-8H,9H2,(H,20,22). The predicted octanol–water partition coefficient (Wildman–Crippen LogP) is 2.85. The Morgan fingerprint density at radius 1 is 1.09 bits per heavy atom. The number of anilines is 1. The van der Waals surface area contributed by atoms with E-state index in [2.05, 4.69) is 10.3 Å². The molecule has 0 spiro atoms. The van der Waals surface area contributed by atoms with E-state index in [4.69, 9.17) is 0 Å². The van der Waals surface area contributed by atoms with Crippen molar-refractivity contribution >= 4 is 17.4 Å². The number of carbonyl (C=O) groups is 2. The van der Waals surface area contributed by atoms with Crippen molar-refractivity contribution in [3.05, 3.63) is 59.9 Å². The molecule has 0 aliphatic rings. The molecule has 0 fully saturated rings. The van der Waals surface area contributed by atoms with E-state index in [1.807, 2.05) is 0 Å². The third kappa shape index (κ3) is 4.15. The molecule has 1 N–H and O–H groups in total. The van der Waals surface area contributed by atoms with Crippen LogP contribution in [-0.2, 0) is 22.2 Å². The lowest BCUT2D eigenvalue weighted by Crippen LogP contribution is -2.24. The molecule has 0 saturated carbocycles. The van der Waals surface area contributed by atoms with Crippen LogP contribution < -0.4 is 5.32 Å². The van der Waals surface area contributed by atoms with E-state index in [-0.39, 0.29) is 12.1 Å². The highest BCUT2D eigenvalue weighted by Gasteiger charge is 2.30. The summed E-state index contributed by atoms with van der Waals surface area (Å²) in [5.41, 5.74) is -0.580. The number of alkyl halides is 3. The number of hydrogen-bond acceptors (Lipinski definition) is 3. The van der Waals surface area contributed by atoms with Gasteiger partial charge in [0.05, 0.1) is 12.0 Å². The van der Waals surface area contributed by atoms with E-state index >= 15 is 0 Å². The van der Waals surface area contributed by atoms with Gasteiger partial charge in [0, 0.05) is 17.6 Å². The second-order valence-corrected chi connectivity index (χ2v) is 4.45. The maximum absolute atomic E-state index is 12.6. The summed E-state index contributed by atoms with van der Waals surface area (Å²) in [7, 11) is 0. The second-order valence-electron chi connectivity index (χ2n) is 4.45. The summed E-state index contributed by atoms with van der Waals surface area (Å²) >= 11 is 0. The van der Waals surface area contributed by atoms with Gasteiger partial charge in [-0.15, -0.1) is 0 Å². The quantitative estimate of drug-likeness (QED) is 0.884. The molecule has 4 nitrogen and oxygen atoms in total. The molecule has 2 aromatic rings. The average molecular weight is 308 g/mol. The number of amides is 1. The van der Waals surface area contributed by atoms with Gasteiger partial charge in [-0.3, -0.25) is 14.6 Å². The number of pyridine rings is 1. The van der Waals surface area contributed by atoms with Crippen LogP contribution >= 0.6 is 0 Å². The summed E-state index contributed by atoms with van der Waals surface area (Å²) in [6.07, 6.45) is -3.25. The smallest absolute Gasteiger partial charge is 0.319 e. The number of nitrogens with zero attached hydrogens (tertiary/aromatic N) is 1. The summed E-state index contributed by atoms with van der Waals surface area (Å²) in [5, 5.41) is 2.16. The number of Topliss-reactive ketones (excluding diaryl/α,β-unsaturated/α-hetero) is 1. The second kappa shape index (κ2) is 6.38. The van der Waals surface area contributed by atoms with Gasteiger partial charge in [0.15, 0.2) is 0 Å². The number of ketones is 1. The third-order valence-electron chi connectivity index (χ3n) is 2.77. The first-order valence-electron chi connectivity index (χ1n) is 6.27. The van der Waals surface area contributed by atoms with Gasteiger partial charge in [0.1, 0.15) is 0 Å². The molecular weight excluding hydrogens is 297 g/mol. The van der Waals surface area contributed by atoms with Crippen molar-refractivity contribution in [2.75, 3.05) is 5.32 Å². The maximum atomic E-state index is 12.6. The Morgan fingerprint density at radius 2 is 1.86 bits per heavy atom. The van der Waals surface area contributed by atoms with E-state index in [0.29, 0.717) is 5.69 Å². The lowest BCUT2D eigenvalue weighted by molar-refractivity contribution is -0.137. The van der Waals surface area contributed by atoms with Crippen LogP contribution in [0, 0.1) is 0 Å². The number of carbonyl (C=O) groups excluding carboxylic acids is 2. The lowest BCUT2D eigenvalue weighted by atomic mass is 10.1. The molecule has 0 unspecified atom stereocenters. The molecule has 0 saturated heterocycles. The zero-order valence-electron chi connectivity index (χ0n) is 11.2. The van der Waals surface area contributed by atoms with Crippen LogP contribution in [-0.4, -0.2) is 16.7 Å². The first-order chi connectivity index (χ1) is 10.4. The monoisotopic (exact) mass is 308 g/mol. The molecule has 1 aromatic heterocycles. The molecule has 1 amide bonds. The van der Waals surface area contributed by atoms with Crippen LogP contribution in [0.25, 0.3) is 0 Å². The highest BCUT2D eigenvalue weighted by atomic mass is 19.4. The van der Waals surface area contributed by atoms with Gasteiger partial charge in [0.2, 0.25) is 5.78 Å². The van der Waals surface area contributed by atoms with Crippen LogP contribution in [0.3, 0.4) is 0 Å². The minimum Gasteiger partial charge on any atom is -0.319 e. The number of halogens is 3. The summed E-state index contributed by atoms with van der Waals surface area (Å²) in [5.74, 6) is -1.76. The molecular formula is C15H11F3N2O2. The van der Waals surface area contributed by atoms with Crippen LogP contribution in [0.1, 0.15) is 11.3 Å². The molecule has 0 aliphatic heterocycles. The minimum absolute atomic E-state index is 0.0887. The molecule has 7 heteroatoms. The minimum atomic E-state index is -4.52. The Kier molecular flexibility index (Phi) is 4.55. The highest BCUT2D eigenvalue weighted by Crippen LogP contribution is 2.30. The Hall–Kier alpha value is -2.70. The van der Waals surface area contributed by atoms with E-state index in [1.54, 1.807) is 18.2 Å². The molecule has 22 heavy (non-hydrogen) atoms. The third-order valence-corrected chi connectivity index (χ3v) is 2.77. The highest BCUT2D eigenvalue weighted by molar-refractivity contribution is 6.40. The summed E-state index contributed by atoms with van der Waals surface area (Å²) in [6, 6.07) is 8.99. The summed E-state index contributed by atoms with van der Waals surface area (Å²) < 4.78 is 37.7. The van der Waals surface area contributed by atoms with Crippen LogP contribution in [0.5, 0.6) is 0 Å². The molecule has 1 heterocycles. The Balaban J connectivity index is 2.04. The van der Waals surface area contributed by atoms with E-state index in [9.17, 15) is 22.8 Å². The predicted molar refractivity (Wildman–Crippen MR) is 73.0 cm³/mol. The summed E-state index contributed by atoms with van der Waals surface area (Å²) in [6.45, 7) is 0. The van der Waals surface area contributed by atoms with Crippen molar-refractivity contribution in [1.82, 2.24) is 4.98 Å². The average Bonchev–Trinajstić information content (AvgIpc) is 2.47. The van der Waals surface area contributed by atoms with Crippen LogP contribution in [0.2, 0.25) is 0 Å². The van der Waals surface area contributed by atoms with E-state index in [0.717, 1.165) is 18.2 Å². The molecule has 0 radical (unpaired) electrons. The number of hydrogen-bond donors (Lipinski definition) is 1. The first kappa shape index (κ1) is 15.7. The topological polar surface area (TPSA) is 59.1 Å². The fourth-order valence-electron chi connectivity index (χ4n) is 1.72. The van der Waals surface area contributed by atoms with Gasteiger partial charge in [-0.2, -0.15) is 13.2 Å². The molecule has 0 bridgehead atoms. The maximum Gasteiger partial charge on any atom is 0.416 e. The van der Waals surface area contributed by atoms with E-state index < -0.39 is 23.4 Å². The van der Waals surface area contributed by atoms with Crippen LogP contribution in [0.4, 0.5) is 18.9 Å². The summed E-state index contributed by atoms with van der Waals surface area (Å²) in [4.78, 5) is 27.3. The van der Waals surface area contributed by atoms with Crippen molar-refractivity contribution in [3.8, 4) is 0 Å². The van der Waals surface area contributed by atoms with Gasteiger partial charge in [0.25, 0.3) is 5.91 Å². The van der Waals surface area contributed by atoms with Gasteiger partial charge in [-0.25, -0.2) is 0 Å². The molecule has 0 atom stereocenters. The van der Waals surface area contributed by atoms with E-state index in [1.165, 1.54) is 12.3 Å². The largest absolute Gasteiger partial charge is 0.416 e. The molecule has 2 rings (SSSR count). The molecule has 1 aromatic carbocycles. The van der Waals surface area contributed by atoms with Crippen molar-refractivity contribution in [2.45, 2.75) is 12.6 Å².